The number of halogens is 1. The normalized spacial score (nSPS) is 12.4. The molecular formula is C20H29FN4O2S2. The van der Waals surface area contributed by atoms with Crippen LogP contribution >= 0.6 is 11.3 Å². The Kier molecular flexibility index (Phi) is 9.06. The van der Waals surface area contributed by atoms with Gasteiger partial charge in [-0.25, -0.2) is 17.8 Å². The van der Waals surface area contributed by atoms with Crippen LogP contribution in [-0.2, 0) is 23.0 Å². The van der Waals surface area contributed by atoms with Gasteiger partial charge in [-0.1, -0.05) is 26.0 Å². The number of nitrogens with one attached hydrogen (secondary N) is 2. The number of rotatable bonds is 10. The van der Waals surface area contributed by atoms with Gasteiger partial charge in [0.05, 0.1) is 6.54 Å². The first kappa shape index (κ1) is 23.3. The Morgan fingerprint density at radius 1 is 1.14 bits per heavy atom. The lowest BCUT2D eigenvalue weighted by Gasteiger charge is -2.16. The average Bonchev–Trinajstić information content (AvgIpc) is 3.17. The van der Waals surface area contributed by atoms with Gasteiger partial charge in [0, 0.05) is 31.1 Å². The highest BCUT2D eigenvalue weighted by Gasteiger charge is 2.23. The molecule has 1 aromatic carbocycles. The average molecular weight is 441 g/mol. The molecule has 1 aromatic heterocycles. The van der Waals surface area contributed by atoms with Crippen molar-refractivity contribution in [2.45, 2.75) is 37.9 Å². The Labute approximate surface area is 176 Å². The predicted octanol–water partition coefficient (Wildman–Crippen LogP) is 3.22. The number of hydrogen-bond acceptors (Lipinski definition) is 4. The number of hydrogen-bond donors (Lipinski definition) is 2. The zero-order chi connectivity index (χ0) is 21.3. The molecule has 2 N–H and O–H groups in total. The third-order valence-electron chi connectivity index (χ3n) is 4.25. The minimum Gasteiger partial charge on any atom is -0.357 e. The largest absolute Gasteiger partial charge is 0.357 e. The van der Waals surface area contributed by atoms with Crippen LogP contribution in [0.2, 0.25) is 0 Å². The smallest absolute Gasteiger partial charge is 0.252 e. The first-order chi connectivity index (χ1) is 13.9. The number of sulfonamides is 1. The number of nitrogens with zero attached hydrogens (tertiary/aromatic N) is 2. The quantitative estimate of drug-likeness (QED) is 0.440. The molecule has 0 bridgehead atoms. The highest BCUT2D eigenvalue weighted by Crippen LogP contribution is 2.25. The molecule has 2 aromatic rings. The third kappa shape index (κ3) is 6.80. The monoisotopic (exact) mass is 440 g/mol. The second-order valence-electron chi connectivity index (χ2n) is 6.31. The second kappa shape index (κ2) is 11.3. The van der Waals surface area contributed by atoms with E-state index < -0.39 is 10.0 Å². The molecule has 0 saturated carbocycles. The van der Waals surface area contributed by atoms with E-state index in [0.717, 1.165) is 10.4 Å². The van der Waals surface area contributed by atoms with Gasteiger partial charge in [-0.2, -0.15) is 4.31 Å². The molecule has 0 aliphatic carbocycles. The van der Waals surface area contributed by atoms with E-state index in [4.69, 9.17) is 0 Å². The van der Waals surface area contributed by atoms with Crippen LogP contribution in [0.25, 0.3) is 0 Å². The zero-order valence-electron chi connectivity index (χ0n) is 17.1. The van der Waals surface area contributed by atoms with Crippen LogP contribution in [0.4, 0.5) is 4.39 Å². The molecule has 0 aliphatic heterocycles. The fourth-order valence-corrected chi connectivity index (χ4v) is 5.74. The molecule has 0 unspecified atom stereocenters. The Hall–Kier alpha value is -1.97. The lowest BCUT2D eigenvalue weighted by molar-refractivity contribution is 0.447. The fourth-order valence-electron chi connectivity index (χ4n) is 2.77. The molecule has 0 amide bonds. The van der Waals surface area contributed by atoms with Gasteiger partial charge in [0.2, 0.25) is 0 Å². The van der Waals surface area contributed by atoms with Gasteiger partial charge in [-0.15, -0.1) is 11.3 Å². The van der Waals surface area contributed by atoms with Crippen molar-refractivity contribution in [2.75, 3.05) is 26.2 Å². The number of thiophene rings is 1. The van der Waals surface area contributed by atoms with Crippen molar-refractivity contribution >= 4 is 27.3 Å². The number of guanidine groups is 1. The van der Waals surface area contributed by atoms with E-state index in [-0.39, 0.29) is 5.82 Å². The van der Waals surface area contributed by atoms with Crippen LogP contribution in [-0.4, -0.2) is 44.9 Å². The third-order valence-corrected chi connectivity index (χ3v) is 7.92. The molecule has 0 fully saturated rings. The van der Waals surface area contributed by atoms with E-state index in [1.807, 2.05) is 32.9 Å². The summed E-state index contributed by atoms with van der Waals surface area (Å²) in [6, 6.07) is 9.92. The summed E-state index contributed by atoms with van der Waals surface area (Å²) >= 11 is 1.30. The highest BCUT2D eigenvalue weighted by molar-refractivity contribution is 7.91. The summed E-state index contributed by atoms with van der Waals surface area (Å²) in [6.45, 7) is 8.26. The molecule has 0 radical (unpaired) electrons. The summed E-state index contributed by atoms with van der Waals surface area (Å²) in [7, 11) is -3.41. The molecular weight excluding hydrogens is 411 g/mol. The summed E-state index contributed by atoms with van der Waals surface area (Å²) in [5, 5.41) is 6.40. The maximum absolute atomic E-state index is 13.3. The van der Waals surface area contributed by atoms with E-state index in [2.05, 4.69) is 15.6 Å². The minimum absolute atomic E-state index is 0.274. The van der Waals surface area contributed by atoms with Gasteiger partial charge in [0.25, 0.3) is 10.0 Å². The Bertz CT molecular complexity index is 909. The van der Waals surface area contributed by atoms with Crippen molar-refractivity contribution < 1.29 is 12.8 Å². The Morgan fingerprint density at radius 3 is 2.55 bits per heavy atom. The van der Waals surface area contributed by atoms with E-state index >= 15 is 0 Å². The lowest BCUT2D eigenvalue weighted by Crippen LogP contribution is -2.38. The summed E-state index contributed by atoms with van der Waals surface area (Å²) in [6.07, 6.45) is 0.683. The van der Waals surface area contributed by atoms with E-state index in [1.54, 1.807) is 12.1 Å². The van der Waals surface area contributed by atoms with E-state index in [9.17, 15) is 12.8 Å². The Morgan fingerprint density at radius 2 is 1.90 bits per heavy atom. The molecule has 160 valence electrons. The number of benzene rings is 1. The summed E-state index contributed by atoms with van der Waals surface area (Å²) in [5.74, 6) is 0.369. The number of aliphatic imine (C=N–C) groups is 1. The van der Waals surface area contributed by atoms with Crippen LogP contribution < -0.4 is 10.6 Å². The molecule has 0 aliphatic rings. The van der Waals surface area contributed by atoms with Gasteiger partial charge in [-0.3, -0.25) is 0 Å². The second-order valence-corrected chi connectivity index (χ2v) is 9.65. The fraction of sp³-hybridized carbons (Fsp3) is 0.450. The van der Waals surface area contributed by atoms with E-state index in [0.29, 0.717) is 49.3 Å². The van der Waals surface area contributed by atoms with Crippen molar-refractivity contribution in [1.82, 2.24) is 14.9 Å². The lowest BCUT2D eigenvalue weighted by atomic mass is 10.2. The van der Waals surface area contributed by atoms with Crippen LogP contribution in [0, 0.1) is 5.82 Å². The molecule has 0 saturated heterocycles. The van der Waals surface area contributed by atoms with E-state index in [1.165, 1.54) is 27.8 Å². The summed E-state index contributed by atoms with van der Waals surface area (Å²) in [4.78, 5) is 5.46. The highest BCUT2D eigenvalue weighted by atomic mass is 32.2. The predicted molar refractivity (Wildman–Crippen MR) is 117 cm³/mol. The van der Waals surface area contributed by atoms with Gasteiger partial charge in [-0.05, 0) is 43.2 Å². The molecule has 6 nitrogen and oxygen atoms in total. The maximum Gasteiger partial charge on any atom is 0.252 e. The molecule has 0 atom stereocenters. The van der Waals surface area contributed by atoms with Crippen molar-refractivity contribution in [2.24, 2.45) is 4.99 Å². The van der Waals surface area contributed by atoms with Crippen LogP contribution in [0.1, 0.15) is 31.2 Å². The van der Waals surface area contributed by atoms with Crippen molar-refractivity contribution in [3.63, 3.8) is 0 Å². The van der Waals surface area contributed by atoms with Crippen LogP contribution in [0.15, 0.2) is 45.6 Å². The maximum atomic E-state index is 13.3. The summed E-state index contributed by atoms with van der Waals surface area (Å²) in [5.41, 5.74) is 0.798. The first-order valence-electron chi connectivity index (χ1n) is 9.76. The standard InChI is InChI=1S/C20H29FN4O2S2/c1-4-22-20(24-15-16-8-7-9-17(21)14-16)23-13-12-18-10-11-19(28-18)29(26,27)25(5-2)6-3/h7-11,14H,4-6,12-13,15H2,1-3H3,(H2,22,23,24). The van der Waals surface area contributed by atoms with Crippen molar-refractivity contribution in [3.05, 3.63) is 52.7 Å². The van der Waals surface area contributed by atoms with Crippen molar-refractivity contribution in [1.29, 1.82) is 0 Å². The molecule has 2 rings (SSSR count). The van der Waals surface area contributed by atoms with Gasteiger partial charge >= 0.3 is 0 Å². The van der Waals surface area contributed by atoms with Crippen LogP contribution in [0.3, 0.4) is 0 Å². The van der Waals surface area contributed by atoms with Gasteiger partial charge in [0.15, 0.2) is 5.96 Å². The minimum atomic E-state index is -3.41. The van der Waals surface area contributed by atoms with Gasteiger partial charge in [0.1, 0.15) is 10.0 Å². The molecule has 0 spiro atoms. The topological polar surface area (TPSA) is 73.8 Å². The zero-order valence-corrected chi connectivity index (χ0v) is 18.7. The first-order valence-corrected chi connectivity index (χ1v) is 12.0. The molecule has 29 heavy (non-hydrogen) atoms. The van der Waals surface area contributed by atoms with Gasteiger partial charge < -0.3 is 10.6 Å². The van der Waals surface area contributed by atoms with Crippen LogP contribution in [0.5, 0.6) is 0 Å². The summed E-state index contributed by atoms with van der Waals surface area (Å²) < 4.78 is 40.3. The molecule has 1 heterocycles. The Balaban J connectivity index is 1.95. The molecule has 9 heteroatoms. The SMILES string of the molecule is CCNC(=NCc1cccc(F)c1)NCCc1ccc(S(=O)(=O)N(CC)CC)s1. The van der Waals surface area contributed by atoms with Crippen molar-refractivity contribution in [3.8, 4) is 0 Å².